The molecule has 2 aromatic carbocycles. The largest absolute Gasteiger partial charge is 0.404 e. The van der Waals surface area contributed by atoms with Crippen LogP contribution in [0.25, 0.3) is 16.6 Å². The van der Waals surface area contributed by atoms with E-state index in [0.29, 0.717) is 22.4 Å². The van der Waals surface area contributed by atoms with Crippen LogP contribution in [0.15, 0.2) is 47.4 Å². The van der Waals surface area contributed by atoms with Crippen LogP contribution in [-0.2, 0) is 20.0 Å². The lowest BCUT2D eigenvalue weighted by molar-refractivity contribution is 0.313. The molecule has 7 heteroatoms. The molecule has 0 spiro atoms. The summed E-state index contributed by atoms with van der Waals surface area (Å²) in [6.45, 7) is 1.97. The van der Waals surface area contributed by atoms with Gasteiger partial charge in [-0.1, -0.05) is 12.1 Å². The van der Waals surface area contributed by atoms with Crippen molar-refractivity contribution in [1.82, 2.24) is 14.5 Å². The average molecular weight is 388 g/mol. The van der Waals surface area contributed by atoms with Gasteiger partial charge in [-0.05, 0) is 54.4 Å². The molecule has 0 radical (unpaired) electrons. The number of aryl methyl sites for hydroxylation is 1. The van der Waals surface area contributed by atoms with Gasteiger partial charge in [0, 0.05) is 43.8 Å². The molecule has 7 nitrogen and oxygen atoms in total. The smallest absolute Gasteiger partial charge is 0.293 e. The van der Waals surface area contributed by atoms with E-state index in [4.69, 9.17) is 11.1 Å². The van der Waals surface area contributed by atoms with E-state index in [1.807, 2.05) is 24.3 Å². The van der Waals surface area contributed by atoms with Crippen molar-refractivity contribution >= 4 is 34.3 Å². The van der Waals surface area contributed by atoms with Crippen LogP contribution in [0.5, 0.6) is 0 Å². The van der Waals surface area contributed by atoms with E-state index < -0.39 is 0 Å². The van der Waals surface area contributed by atoms with Crippen molar-refractivity contribution in [3.05, 3.63) is 69.6 Å². The zero-order chi connectivity index (χ0) is 20.5. The lowest BCUT2D eigenvalue weighted by Crippen LogP contribution is -2.26. The molecule has 1 aliphatic heterocycles. The van der Waals surface area contributed by atoms with E-state index in [0.717, 1.165) is 30.8 Å². The zero-order valence-electron chi connectivity index (χ0n) is 16.6. The number of allylic oxidation sites excluding steroid dienone is 1. The van der Waals surface area contributed by atoms with Crippen molar-refractivity contribution in [3.8, 4) is 0 Å². The number of likely N-dealkylation sites (N-methyl/N-ethyl adjacent to an activating group) is 1. The van der Waals surface area contributed by atoms with E-state index in [9.17, 15) is 4.79 Å². The normalized spacial score (nSPS) is 14.6. The van der Waals surface area contributed by atoms with Crippen LogP contribution in [0.2, 0.25) is 0 Å². The van der Waals surface area contributed by atoms with E-state index in [1.54, 1.807) is 11.6 Å². The summed E-state index contributed by atoms with van der Waals surface area (Å²) in [5.41, 5.74) is 11.6. The highest BCUT2D eigenvalue weighted by atomic mass is 16.1. The molecule has 148 valence electrons. The SMILES string of the molecule is CN1CCc2ccc(Nc3nc4ccc(/C(C=N)=C/N)cc4n(C)c3=O)cc2C1. The maximum absolute atomic E-state index is 12.9. The highest BCUT2D eigenvalue weighted by Gasteiger charge is 2.15. The van der Waals surface area contributed by atoms with E-state index in [1.165, 1.54) is 23.5 Å². The maximum atomic E-state index is 12.9. The standard InChI is InChI=1S/C22H24N6O/c1-27-8-7-14-3-5-18(9-16(14)13-27)25-21-22(29)28(2)20-10-15(17(11-23)12-24)4-6-19(20)26-21/h3-6,9-12,23H,7-8,13,24H2,1-2H3,(H,25,26)/b17-12+,23-11?. The fourth-order valence-electron chi connectivity index (χ4n) is 3.72. The van der Waals surface area contributed by atoms with Crippen molar-refractivity contribution in [1.29, 1.82) is 5.41 Å². The summed E-state index contributed by atoms with van der Waals surface area (Å²) in [5.74, 6) is 0.290. The number of hydrogen-bond donors (Lipinski definition) is 3. The van der Waals surface area contributed by atoms with Gasteiger partial charge < -0.3 is 25.9 Å². The number of nitrogens with zero attached hydrogens (tertiary/aromatic N) is 3. The average Bonchev–Trinajstić information content (AvgIpc) is 2.72. The Morgan fingerprint density at radius 1 is 1.21 bits per heavy atom. The molecule has 4 N–H and O–H groups in total. The Morgan fingerprint density at radius 2 is 2.03 bits per heavy atom. The number of nitrogens with two attached hydrogens (primary N) is 1. The first-order chi connectivity index (χ1) is 14.0. The molecule has 0 fully saturated rings. The molecule has 0 saturated carbocycles. The summed E-state index contributed by atoms with van der Waals surface area (Å²) in [7, 11) is 3.83. The molecule has 2 heterocycles. The first kappa shape index (κ1) is 18.9. The van der Waals surface area contributed by atoms with Gasteiger partial charge in [0.1, 0.15) is 0 Å². The van der Waals surface area contributed by atoms with Crippen molar-refractivity contribution in [2.75, 3.05) is 18.9 Å². The summed E-state index contributed by atoms with van der Waals surface area (Å²) in [6, 6.07) is 11.7. The Bertz CT molecular complexity index is 1190. The third-order valence-electron chi connectivity index (χ3n) is 5.42. The second kappa shape index (κ2) is 7.52. The molecule has 3 aromatic rings. The number of benzene rings is 2. The van der Waals surface area contributed by atoms with E-state index >= 15 is 0 Å². The predicted molar refractivity (Wildman–Crippen MR) is 118 cm³/mol. The van der Waals surface area contributed by atoms with Crippen molar-refractivity contribution in [2.45, 2.75) is 13.0 Å². The van der Waals surface area contributed by atoms with E-state index in [2.05, 4.69) is 34.4 Å². The fraction of sp³-hybridized carbons (Fsp3) is 0.227. The maximum Gasteiger partial charge on any atom is 0.293 e. The van der Waals surface area contributed by atoms with Crippen LogP contribution in [-0.4, -0.2) is 34.3 Å². The molecule has 1 aromatic heterocycles. The predicted octanol–water partition coefficient (Wildman–Crippen LogP) is 2.61. The molecule has 0 atom stereocenters. The quantitative estimate of drug-likeness (QED) is 0.597. The molecule has 4 rings (SSSR count). The first-order valence-corrected chi connectivity index (χ1v) is 9.51. The Labute approximate surface area is 169 Å². The molecule has 0 amide bonds. The molecular formula is C22H24N6O. The highest BCUT2D eigenvalue weighted by molar-refractivity contribution is 6.09. The number of anilines is 2. The lowest BCUT2D eigenvalue weighted by Gasteiger charge is -2.25. The number of nitrogens with one attached hydrogen (secondary N) is 2. The third kappa shape index (κ3) is 3.52. The molecule has 1 aliphatic rings. The van der Waals surface area contributed by atoms with Gasteiger partial charge in [0.25, 0.3) is 5.56 Å². The minimum atomic E-state index is -0.211. The van der Waals surface area contributed by atoms with Crippen LogP contribution in [0, 0.1) is 5.41 Å². The molecule has 0 saturated heterocycles. The van der Waals surface area contributed by atoms with Gasteiger partial charge in [-0.25, -0.2) is 4.98 Å². The lowest BCUT2D eigenvalue weighted by atomic mass is 9.99. The number of aromatic nitrogens is 2. The van der Waals surface area contributed by atoms with Crippen LogP contribution >= 0.6 is 0 Å². The Hall–Kier alpha value is -3.45. The van der Waals surface area contributed by atoms with E-state index in [-0.39, 0.29) is 5.56 Å². The van der Waals surface area contributed by atoms with Gasteiger partial charge in [-0.2, -0.15) is 0 Å². The first-order valence-electron chi connectivity index (χ1n) is 9.51. The second-order valence-electron chi connectivity index (χ2n) is 7.39. The van der Waals surface area contributed by atoms with Gasteiger partial charge in [-0.3, -0.25) is 4.79 Å². The van der Waals surface area contributed by atoms with Gasteiger partial charge in [-0.15, -0.1) is 0 Å². The summed E-state index contributed by atoms with van der Waals surface area (Å²) in [5, 5.41) is 10.7. The monoisotopic (exact) mass is 388 g/mol. The van der Waals surface area contributed by atoms with Crippen molar-refractivity contribution < 1.29 is 0 Å². The molecule has 0 bridgehead atoms. The minimum Gasteiger partial charge on any atom is -0.404 e. The van der Waals surface area contributed by atoms with Crippen molar-refractivity contribution in [2.24, 2.45) is 12.8 Å². The Kier molecular flexibility index (Phi) is 4.90. The van der Waals surface area contributed by atoms with Crippen LogP contribution in [0.4, 0.5) is 11.5 Å². The van der Waals surface area contributed by atoms with Gasteiger partial charge in [0.05, 0.1) is 11.0 Å². The second-order valence-corrected chi connectivity index (χ2v) is 7.39. The zero-order valence-corrected chi connectivity index (χ0v) is 16.6. The molecule has 0 unspecified atom stereocenters. The Balaban J connectivity index is 1.73. The van der Waals surface area contributed by atoms with Crippen molar-refractivity contribution in [3.63, 3.8) is 0 Å². The van der Waals surface area contributed by atoms with Crippen LogP contribution < -0.4 is 16.6 Å². The Morgan fingerprint density at radius 3 is 2.79 bits per heavy atom. The third-order valence-corrected chi connectivity index (χ3v) is 5.42. The van der Waals surface area contributed by atoms with Crippen LogP contribution in [0.1, 0.15) is 16.7 Å². The highest BCUT2D eigenvalue weighted by Crippen LogP contribution is 2.24. The number of rotatable bonds is 4. The summed E-state index contributed by atoms with van der Waals surface area (Å²) < 4.78 is 1.57. The fourth-order valence-corrected chi connectivity index (χ4v) is 3.72. The number of hydrogen-bond acceptors (Lipinski definition) is 6. The number of fused-ring (bicyclic) bond motifs is 2. The topological polar surface area (TPSA) is 100 Å². The summed E-state index contributed by atoms with van der Waals surface area (Å²) >= 11 is 0. The minimum absolute atomic E-state index is 0.211. The molecule has 29 heavy (non-hydrogen) atoms. The van der Waals surface area contributed by atoms with Crippen LogP contribution in [0.3, 0.4) is 0 Å². The molecular weight excluding hydrogens is 364 g/mol. The van der Waals surface area contributed by atoms with Gasteiger partial charge >= 0.3 is 0 Å². The summed E-state index contributed by atoms with van der Waals surface area (Å²) in [6.07, 6.45) is 3.61. The summed E-state index contributed by atoms with van der Waals surface area (Å²) in [4.78, 5) is 19.7. The van der Waals surface area contributed by atoms with Gasteiger partial charge in [0.15, 0.2) is 5.82 Å². The molecule has 0 aliphatic carbocycles. The van der Waals surface area contributed by atoms with Gasteiger partial charge in [0.2, 0.25) is 0 Å².